The number of nitrogens with one attached hydrogen (secondary N) is 2. The maximum atomic E-state index is 13.5. The Kier molecular flexibility index (Phi) is 10.1. The van der Waals surface area contributed by atoms with Crippen LogP contribution in [0.25, 0.3) is 0 Å². The summed E-state index contributed by atoms with van der Waals surface area (Å²) in [4.78, 5) is 38.3. The van der Waals surface area contributed by atoms with E-state index in [1.54, 1.807) is 23.0 Å². The highest BCUT2D eigenvalue weighted by atomic mass is 16.7. The number of aryl methyl sites for hydroxylation is 1. The standard InChI is InChI=1S/C27H35N7O6/c1-37-12-8-29-21-14-22(30-16-20(21)15-28)31-26(35)34-10-6-7-18-13-19(17-33-9-4-5-11-40-27(33)36)23(32-24(18)34)25(38-2)39-3/h13-14,16,25H,4-12,17H2,1-3H3,(H2,29,30,31,35). The van der Waals surface area contributed by atoms with Gasteiger partial charge in [-0.3, -0.25) is 10.2 Å². The Labute approximate surface area is 233 Å². The number of urea groups is 1. The number of hydrogen-bond donors (Lipinski definition) is 2. The number of pyridine rings is 2. The summed E-state index contributed by atoms with van der Waals surface area (Å²) < 4.78 is 21.4. The van der Waals surface area contributed by atoms with Crippen molar-refractivity contribution in [2.45, 2.75) is 38.5 Å². The molecule has 2 N–H and O–H groups in total. The zero-order chi connectivity index (χ0) is 28.5. The monoisotopic (exact) mass is 553 g/mol. The van der Waals surface area contributed by atoms with E-state index in [2.05, 4.69) is 21.7 Å². The number of nitrogens with zero attached hydrogens (tertiary/aromatic N) is 5. The van der Waals surface area contributed by atoms with Gasteiger partial charge in [-0.2, -0.15) is 5.26 Å². The van der Waals surface area contributed by atoms with Gasteiger partial charge < -0.3 is 29.2 Å². The van der Waals surface area contributed by atoms with Crippen molar-refractivity contribution in [1.82, 2.24) is 14.9 Å². The normalized spacial score (nSPS) is 15.2. The first-order chi connectivity index (χ1) is 19.5. The molecule has 3 amide bonds. The lowest BCUT2D eigenvalue weighted by Gasteiger charge is -2.31. The number of carbonyl (C=O) groups is 2. The molecule has 4 rings (SSSR count). The molecule has 40 heavy (non-hydrogen) atoms. The van der Waals surface area contributed by atoms with E-state index in [0.717, 1.165) is 36.8 Å². The minimum absolute atomic E-state index is 0.290. The van der Waals surface area contributed by atoms with E-state index in [1.807, 2.05) is 6.07 Å². The number of ether oxygens (including phenoxy) is 4. The fourth-order valence-corrected chi connectivity index (χ4v) is 4.73. The number of fused-ring (bicyclic) bond motifs is 1. The van der Waals surface area contributed by atoms with Crippen molar-refractivity contribution < 1.29 is 28.5 Å². The third kappa shape index (κ3) is 6.77. The quantitative estimate of drug-likeness (QED) is 0.331. The molecular weight excluding hydrogens is 518 g/mol. The van der Waals surface area contributed by atoms with Crippen LogP contribution in [0.3, 0.4) is 0 Å². The van der Waals surface area contributed by atoms with E-state index in [-0.39, 0.29) is 12.6 Å². The van der Waals surface area contributed by atoms with Crippen molar-refractivity contribution in [3.8, 4) is 6.07 Å². The summed E-state index contributed by atoms with van der Waals surface area (Å²) in [5.74, 6) is 0.784. The lowest BCUT2D eigenvalue weighted by molar-refractivity contribution is -0.109. The topological polar surface area (TPSA) is 151 Å². The van der Waals surface area contributed by atoms with Gasteiger partial charge in [-0.25, -0.2) is 19.6 Å². The molecule has 214 valence electrons. The van der Waals surface area contributed by atoms with Gasteiger partial charge in [-0.15, -0.1) is 0 Å². The van der Waals surface area contributed by atoms with Crippen LogP contribution in [0.2, 0.25) is 0 Å². The average molecular weight is 554 g/mol. The van der Waals surface area contributed by atoms with E-state index < -0.39 is 12.3 Å². The lowest BCUT2D eigenvalue weighted by Crippen LogP contribution is -2.40. The van der Waals surface area contributed by atoms with E-state index in [0.29, 0.717) is 61.4 Å². The van der Waals surface area contributed by atoms with Crippen LogP contribution >= 0.6 is 0 Å². The summed E-state index contributed by atoms with van der Waals surface area (Å²) in [6.45, 7) is 2.67. The minimum Gasteiger partial charge on any atom is -0.449 e. The van der Waals surface area contributed by atoms with Crippen molar-refractivity contribution in [1.29, 1.82) is 5.26 Å². The van der Waals surface area contributed by atoms with Gasteiger partial charge in [0.25, 0.3) is 0 Å². The molecular formula is C27H35N7O6. The average Bonchev–Trinajstić information content (AvgIpc) is 3.17. The second-order valence-electron chi connectivity index (χ2n) is 9.39. The number of hydrogen-bond acceptors (Lipinski definition) is 10. The third-order valence-electron chi connectivity index (χ3n) is 6.72. The highest BCUT2D eigenvalue weighted by Crippen LogP contribution is 2.32. The van der Waals surface area contributed by atoms with Gasteiger partial charge in [-0.05, 0) is 42.9 Å². The van der Waals surface area contributed by atoms with Gasteiger partial charge in [0, 0.05) is 53.2 Å². The molecule has 2 aliphatic rings. The van der Waals surface area contributed by atoms with Crippen molar-refractivity contribution in [2.75, 3.05) is 69.7 Å². The second kappa shape index (κ2) is 13.9. The van der Waals surface area contributed by atoms with E-state index in [1.165, 1.54) is 20.4 Å². The van der Waals surface area contributed by atoms with Gasteiger partial charge in [0.15, 0.2) is 0 Å². The van der Waals surface area contributed by atoms with Crippen LogP contribution < -0.4 is 15.5 Å². The number of aromatic nitrogens is 2. The van der Waals surface area contributed by atoms with E-state index >= 15 is 0 Å². The molecule has 13 nitrogen and oxygen atoms in total. The molecule has 13 heteroatoms. The van der Waals surface area contributed by atoms with Gasteiger partial charge >= 0.3 is 12.1 Å². The molecule has 2 aliphatic heterocycles. The van der Waals surface area contributed by atoms with Gasteiger partial charge in [0.2, 0.25) is 6.29 Å². The van der Waals surface area contributed by atoms with Crippen molar-refractivity contribution in [3.63, 3.8) is 0 Å². The van der Waals surface area contributed by atoms with Crippen molar-refractivity contribution in [2.24, 2.45) is 0 Å². The molecule has 0 aliphatic carbocycles. The molecule has 2 aromatic heterocycles. The van der Waals surface area contributed by atoms with Gasteiger partial charge in [-0.1, -0.05) is 0 Å². The third-order valence-corrected chi connectivity index (χ3v) is 6.72. The van der Waals surface area contributed by atoms with Crippen LogP contribution in [0.1, 0.15) is 47.9 Å². The summed E-state index contributed by atoms with van der Waals surface area (Å²) in [6.07, 6.45) is 3.37. The predicted molar refractivity (Wildman–Crippen MR) is 146 cm³/mol. The minimum atomic E-state index is -0.795. The molecule has 2 aromatic rings. The molecule has 4 heterocycles. The molecule has 1 fully saturated rings. The summed E-state index contributed by atoms with van der Waals surface area (Å²) >= 11 is 0. The van der Waals surface area contributed by atoms with Crippen LogP contribution in [0.5, 0.6) is 0 Å². The molecule has 0 saturated carbocycles. The number of carbonyl (C=O) groups excluding carboxylic acids is 2. The summed E-state index contributed by atoms with van der Waals surface area (Å²) in [5, 5.41) is 15.4. The number of anilines is 3. The van der Waals surface area contributed by atoms with Crippen LogP contribution in [0.15, 0.2) is 18.3 Å². The first-order valence-electron chi connectivity index (χ1n) is 13.2. The summed E-state index contributed by atoms with van der Waals surface area (Å²) in [5.41, 5.74) is 3.04. The smallest absolute Gasteiger partial charge is 0.410 e. The zero-order valence-corrected chi connectivity index (χ0v) is 23.1. The fourth-order valence-electron chi connectivity index (χ4n) is 4.73. The molecule has 0 aromatic carbocycles. The Hall–Kier alpha value is -3.99. The van der Waals surface area contributed by atoms with Crippen molar-refractivity contribution in [3.05, 3.63) is 40.7 Å². The van der Waals surface area contributed by atoms with E-state index in [9.17, 15) is 14.9 Å². The largest absolute Gasteiger partial charge is 0.449 e. The SMILES string of the molecule is COCCNc1cc(NC(=O)N2CCCc3cc(CN4CCCCOC4=O)c(C(OC)OC)nc32)ncc1C#N. The molecule has 0 radical (unpaired) electrons. The molecule has 0 bridgehead atoms. The maximum Gasteiger partial charge on any atom is 0.410 e. The summed E-state index contributed by atoms with van der Waals surface area (Å²) in [7, 11) is 4.62. The Balaban J connectivity index is 1.61. The van der Waals surface area contributed by atoms with Gasteiger partial charge in [0.05, 0.1) is 31.0 Å². The summed E-state index contributed by atoms with van der Waals surface area (Å²) in [6, 6.07) is 5.27. The van der Waals surface area contributed by atoms with E-state index in [4.69, 9.17) is 23.9 Å². The van der Waals surface area contributed by atoms with Crippen LogP contribution in [0, 0.1) is 11.3 Å². The Bertz CT molecular complexity index is 1250. The second-order valence-corrected chi connectivity index (χ2v) is 9.39. The fraction of sp³-hybridized carbons (Fsp3) is 0.519. The highest BCUT2D eigenvalue weighted by Gasteiger charge is 2.30. The number of nitriles is 1. The zero-order valence-electron chi connectivity index (χ0n) is 23.1. The molecule has 0 spiro atoms. The van der Waals surface area contributed by atoms with Crippen LogP contribution in [-0.4, -0.2) is 81.2 Å². The number of methoxy groups -OCH3 is 3. The molecule has 0 unspecified atom stereocenters. The Morgan fingerprint density at radius 3 is 2.77 bits per heavy atom. The maximum absolute atomic E-state index is 13.5. The molecule has 0 atom stereocenters. The highest BCUT2D eigenvalue weighted by molar-refractivity contribution is 6.01. The first-order valence-corrected chi connectivity index (χ1v) is 13.2. The Morgan fingerprint density at radius 1 is 1.20 bits per heavy atom. The van der Waals surface area contributed by atoms with Crippen LogP contribution in [0.4, 0.5) is 26.9 Å². The predicted octanol–water partition coefficient (Wildman–Crippen LogP) is 3.42. The van der Waals surface area contributed by atoms with Gasteiger partial charge in [0.1, 0.15) is 23.4 Å². The first kappa shape index (κ1) is 29.0. The van der Waals surface area contributed by atoms with Crippen molar-refractivity contribution >= 4 is 29.4 Å². The lowest BCUT2D eigenvalue weighted by atomic mass is 10.0. The number of cyclic esters (lactones) is 1. The molecule has 1 saturated heterocycles. The Morgan fingerprint density at radius 2 is 2.02 bits per heavy atom. The van der Waals surface area contributed by atoms with Crippen LogP contribution in [-0.2, 0) is 31.9 Å². The number of rotatable bonds is 10. The number of amides is 3.